The molecule has 0 amide bonds. The Bertz CT molecular complexity index is 1080. The van der Waals surface area contributed by atoms with E-state index in [2.05, 4.69) is 23.1 Å². The summed E-state index contributed by atoms with van der Waals surface area (Å²) in [6.45, 7) is 4.50. The summed E-state index contributed by atoms with van der Waals surface area (Å²) in [7, 11) is 1.65. The van der Waals surface area contributed by atoms with Crippen LogP contribution in [0.2, 0.25) is 0 Å². The molecule has 1 saturated heterocycles. The number of hydrogen-bond acceptors (Lipinski definition) is 4. The molecule has 0 radical (unpaired) electrons. The lowest BCUT2D eigenvalue weighted by molar-refractivity contribution is 0.237. The topological polar surface area (TPSA) is 30.9 Å². The summed E-state index contributed by atoms with van der Waals surface area (Å²) in [6, 6.07) is 21.1. The van der Waals surface area contributed by atoms with Crippen LogP contribution in [0.4, 0.5) is 4.39 Å². The fraction of sp³-hybridized carbons (Fsp3) is 0.357. The molecular formula is C28H30FNO3. The Morgan fingerprint density at radius 1 is 0.939 bits per heavy atom. The van der Waals surface area contributed by atoms with Crippen LogP contribution in [0, 0.1) is 5.82 Å². The zero-order chi connectivity index (χ0) is 22.6. The maximum Gasteiger partial charge on any atom is 0.126 e. The van der Waals surface area contributed by atoms with Gasteiger partial charge in [0.15, 0.2) is 0 Å². The molecule has 0 bridgehead atoms. The molecule has 4 nitrogen and oxygen atoms in total. The van der Waals surface area contributed by atoms with Crippen LogP contribution in [-0.4, -0.2) is 44.9 Å². The van der Waals surface area contributed by atoms with Gasteiger partial charge in [-0.05, 0) is 67.4 Å². The van der Waals surface area contributed by atoms with Crippen LogP contribution in [0.15, 0.2) is 66.7 Å². The smallest absolute Gasteiger partial charge is 0.126 e. The van der Waals surface area contributed by atoms with Gasteiger partial charge in [-0.1, -0.05) is 30.3 Å². The lowest BCUT2D eigenvalue weighted by Crippen LogP contribution is -2.25. The van der Waals surface area contributed by atoms with Gasteiger partial charge in [0.25, 0.3) is 0 Å². The third-order valence-electron chi connectivity index (χ3n) is 6.77. The van der Waals surface area contributed by atoms with E-state index in [1.54, 1.807) is 19.2 Å². The molecule has 2 aliphatic rings. The van der Waals surface area contributed by atoms with E-state index in [1.165, 1.54) is 32.0 Å². The Morgan fingerprint density at radius 2 is 1.73 bits per heavy atom. The molecule has 3 aromatic rings. The van der Waals surface area contributed by atoms with Crippen molar-refractivity contribution in [3.05, 3.63) is 89.2 Å². The molecule has 0 aliphatic carbocycles. The summed E-state index contributed by atoms with van der Waals surface area (Å²) in [5.74, 6) is 2.27. The van der Waals surface area contributed by atoms with Gasteiger partial charge in [0.2, 0.25) is 0 Å². The summed E-state index contributed by atoms with van der Waals surface area (Å²) >= 11 is 0. The first-order valence-electron chi connectivity index (χ1n) is 11.7. The average molecular weight is 448 g/mol. The van der Waals surface area contributed by atoms with Crippen LogP contribution in [0.25, 0.3) is 0 Å². The molecule has 33 heavy (non-hydrogen) atoms. The van der Waals surface area contributed by atoms with E-state index in [0.717, 1.165) is 40.5 Å². The van der Waals surface area contributed by atoms with Crippen molar-refractivity contribution < 1.29 is 18.6 Å². The van der Waals surface area contributed by atoms with Gasteiger partial charge in [-0.15, -0.1) is 0 Å². The Hall–Kier alpha value is -3.05. The fourth-order valence-electron chi connectivity index (χ4n) is 5.02. The number of hydrogen-bond donors (Lipinski definition) is 0. The summed E-state index contributed by atoms with van der Waals surface area (Å²) < 4.78 is 31.6. The molecule has 0 spiro atoms. The van der Waals surface area contributed by atoms with Crippen LogP contribution in [0.1, 0.15) is 41.4 Å². The van der Waals surface area contributed by atoms with E-state index in [-0.39, 0.29) is 17.7 Å². The third-order valence-corrected chi connectivity index (χ3v) is 6.77. The number of ether oxygens (including phenoxy) is 3. The minimum atomic E-state index is -0.228. The van der Waals surface area contributed by atoms with E-state index in [9.17, 15) is 4.39 Å². The summed E-state index contributed by atoms with van der Waals surface area (Å²) in [5.41, 5.74) is 3.18. The van der Waals surface area contributed by atoms with Crippen molar-refractivity contribution in [3.63, 3.8) is 0 Å². The third kappa shape index (κ3) is 4.83. The highest BCUT2D eigenvalue weighted by Crippen LogP contribution is 2.47. The van der Waals surface area contributed by atoms with Crippen molar-refractivity contribution >= 4 is 0 Å². The van der Waals surface area contributed by atoms with Crippen LogP contribution in [0.3, 0.4) is 0 Å². The molecule has 0 saturated carbocycles. The molecule has 5 heteroatoms. The van der Waals surface area contributed by atoms with Crippen molar-refractivity contribution in [2.24, 2.45) is 0 Å². The normalized spacial score (nSPS) is 20.2. The number of fused-ring (bicyclic) bond motifs is 1. The Morgan fingerprint density at radius 3 is 2.48 bits per heavy atom. The van der Waals surface area contributed by atoms with Crippen LogP contribution in [-0.2, 0) is 0 Å². The van der Waals surface area contributed by atoms with Gasteiger partial charge < -0.3 is 14.2 Å². The molecule has 3 aromatic carbocycles. The molecule has 0 aromatic heterocycles. The SMILES string of the molecule is COc1ccc2c(c1)OC[C@@H](c1cccc(F)c1)[C@H]2c1ccc(OCCN2CCCC2)cc1. The molecule has 2 atom stereocenters. The molecule has 2 heterocycles. The zero-order valence-electron chi connectivity index (χ0n) is 19.0. The minimum absolute atomic E-state index is 0.00327. The minimum Gasteiger partial charge on any atom is -0.497 e. The maximum atomic E-state index is 14.1. The Labute approximate surface area is 194 Å². The highest BCUT2D eigenvalue weighted by Gasteiger charge is 2.34. The van der Waals surface area contributed by atoms with E-state index in [0.29, 0.717) is 13.2 Å². The summed E-state index contributed by atoms with van der Waals surface area (Å²) in [6.07, 6.45) is 2.58. The second-order valence-electron chi connectivity index (χ2n) is 8.82. The molecule has 172 valence electrons. The molecule has 5 rings (SSSR count). The second kappa shape index (κ2) is 9.84. The van der Waals surface area contributed by atoms with E-state index in [1.807, 2.05) is 30.3 Å². The quantitative estimate of drug-likeness (QED) is 0.471. The zero-order valence-corrected chi connectivity index (χ0v) is 19.0. The summed E-state index contributed by atoms with van der Waals surface area (Å²) in [5, 5.41) is 0. The number of likely N-dealkylation sites (tertiary alicyclic amines) is 1. The fourth-order valence-corrected chi connectivity index (χ4v) is 5.02. The maximum absolute atomic E-state index is 14.1. The van der Waals surface area contributed by atoms with Gasteiger partial charge in [0.1, 0.15) is 29.7 Å². The van der Waals surface area contributed by atoms with Crippen molar-refractivity contribution in [2.45, 2.75) is 24.7 Å². The predicted molar refractivity (Wildman–Crippen MR) is 127 cm³/mol. The first kappa shape index (κ1) is 21.8. The Kier molecular flexibility index (Phi) is 6.49. The van der Waals surface area contributed by atoms with Crippen molar-refractivity contribution in [2.75, 3.05) is 40.0 Å². The van der Waals surface area contributed by atoms with E-state index >= 15 is 0 Å². The number of rotatable bonds is 7. The molecule has 2 aliphatic heterocycles. The van der Waals surface area contributed by atoms with Gasteiger partial charge in [0, 0.05) is 30.0 Å². The lowest BCUT2D eigenvalue weighted by Gasteiger charge is -2.34. The van der Waals surface area contributed by atoms with Crippen LogP contribution < -0.4 is 14.2 Å². The summed E-state index contributed by atoms with van der Waals surface area (Å²) in [4.78, 5) is 2.45. The van der Waals surface area contributed by atoms with Crippen LogP contribution >= 0.6 is 0 Å². The molecule has 0 unspecified atom stereocenters. The predicted octanol–water partition coefficient (Wildman–Crippen LogP) is 5.62. The Balaban J connectivity index is 1.41. The van der Waals surface area contributed by atoms with Crippen molar-refractivity contribution in [1.82, 2.24) is 4.90 Å². The van der Waals surface area contributed by atoms with E-state index in [4.69, 9.17) is 14.2 Å². The molecular weight excluding hydrogens is 417 g/mol. The average Bonchev–Trinajstić information content (AvgIpc) is 3.37. The highest BCUT2D eigenvalue weighted by atomic mass is 19.1. The molecule has 1 fully saturated rings. The van der Waals surface area contributed by atoms with Gasteiger partial charge in [-0.3, -0.25) is 4.90 Å². The van der Waals surface area contributed by atoms with Gasteiger partial charge in [-0.2, -0.15) is 0 Å². The first-order chi connectivity index (χ1) is 16.2. The molecule has 0 N–H and O–H groups in total. The van der Waals surface area contributed by atoms with Gasteiger partial charge in [0.05, 0.1) is 13.7 Å². The highest BCUT2D eigenvalue weighted by molar-refractivity contribution is 5.51. The number of methoxy groups -OCH3 is 1. The van der Waals surface area contributed by atoms with E-state index < -0.39 is 0 Å². The van der Waals surface area contributed by atoms with Crippen molar-refractivity contribution in [1.29, 1.82) is 0 Å². The lowest BCUT2D eigenvalue weighted by atomic mass is 9.76. The monoisotopic (exact) mass is 447 g/mol. The number of halogens is 1. The second-order valence-corrected chi connectivity index (χ2v) is 8.82. The number of nitrogens with zero attached hydrogens (tertiary/aromatic N) is 1. The standard InChI is InChI=1S/C28H30FNO3/c1-31-24-11-12-25-27(18-24)33-19-26(21-5-4-6-22(29)17-21)28(25)20-7-9-23(10-8-20)32-16-15-30-13-2-3-14-30/h4-12,17-18,26,28H,2-3,13-16,19H2,1H3/t26-,28-/m0/s1. The largest absolute Gasteiger partial charge is 0.497 e. The van der Waals surface area contributed by atoms with Gasteiger partial charge >= 0.3 is 0 Å². The van der Waals surface area contributed by atoms with Crippen molar-refractivity contribution in [3.8, 4) is 17.2 Å². The van der Waals surface area contributed by atoms with Crippen LogP contribution in [0.5, 0.6) is 17.2 Å². The first-order valence-corrected chi connectivity index (χ1v) is 11.7. The van der Waals surface area contributed by atoms with Gasteiger partial charge in [-0.25, -0.2) is 4.39 Å². The number of benzene rings is 3.